The predicted octanol–water partition coefficient (Wildman–Crippen LogP) is 6.51. The Morgan fingerprint density at radius 1 is 1.00 bits per heavy atom. The number of hydrogen-bond acceptors (Lipinski definition) is 5. The second kappa shape index (κ2) is 10.4. The van der Waals surface area contributed by atoms with Crippen LogP contribution < -0.4 is 0 Å². The van der Waals surface area contributed by atoms with Crippen LogP contribution in [0.1, 0.15) is 71.1 Å². The minimum absolute atomic E-state index is 0.0875. The van der Waals surface area contributed by atoms with E-state index in [-0.39, 0.29) is 18.0 Å². The summed E-state index contributed by atoms with van der Waals surface area (Å²) in [6, 6.07) is 14.1. The molecule has 0 radical (unpaired) electrons. The lowest BCUT2D eigenvalue weighted by Crippen LogP contribution is -2.28. The highest BCUT2D eigenvalue weighted by Gasteiger charge is 2.24. The molecule has 0 unspecified atom stereocenters. The number of carbonyl (C=O) groups is 1. The Labute approximate surface area is 196 Å². The van der Waals surface area contributed by atoms with E-state index in [2.05, 4.69) is 24.0 Å². The Balaban J connectivity index is 1.32. The smallest absolute Gasteiger partial charge is 0.226 e. The van der Waals surface area contributed by atoms with Crippen LogP contribution in [0.4, 0.5) is 0 Å². The molecule has 0 saturated heterocycles. The molecule has 174 valence electrons. The monoisotopic (exact) mass is 447 g/mol. The van der Waals surface area contributed by atoms with Crippen molar-refractivity contribution in [3.8, 4) is 11.5 Å². The molecule has 1 fully saturated rings. The molecule has 5 heteroatoms. The summed E-state index contributed by atoms with van der Waals surface area (Å²) in [5.74, 6) is 1.52. The number of carbonyl (C=O) groups excluding carboxylic acids is 1. The average molecular weight is 448 g/mol. The van der Waals surface area contributed by atoms with Crippen molar-refractivity contribution < 1.29 is 18.7 Å². The van der Waals surface area contributed by atoms with Gasteiger partial charge in [-0.25, -0.2) is 4.98 Å². The number of ketones is 1. The maximum Gasteiger partial charge on any atom is 0.226 e. The van der Waals surface area contributed by atoms with Crippen LogP contribution in [-0.4, -0.2) is 23.0 Å². The quantitative estimate of drug-likeness (QED) is 0.368. The van der Waals surface area contributed by atoms with E-state index in [4.69, 9.17) is 13.9 Å². The molecule has 33 heavy (non-hydrogen) atoms. The minimum atomic E-state index is 0.0875. The van der Waals surface area contributed by atoms with Gasteiger partial charge >= 0.3 is 0 Å². The molecule has 0 N–H and O–H groups in total. The summed E-state index contributed by atoms with van der Waals surface area (Å²) in [6.45, 7) is 8.48. The topological polar surface area (TPSA) is 61.6 Å². The van der Waals surface area contributed by atoms with Crippen molar-refractivity contribution in [2.75, 3.05) is 0 Å². The van der Waals surface area contributed by atoms with Crippen LogP contribution in [0.25, 0.3) is 11.5 Å². The number of aryl methyl sites for hydroxylation is 3. The van der Waals surface area contributed by atoms with Gasteiger partial charge in [-0.3, -0.25) is 4.79 Å². The highest BCUT2D eigenvalue weighted by atomic mass is 16.5. The Kier molecular flexibility index (Phi) is 7.41. The average Bonchev–Trinajstić information content (AvgIpc) is 3.17. The molecule has 0 bridgehead atoms. The zero-order valence-corrected chi connectivity index (χ0v) is 20.0. The Morgan fingerprint density at radius 2 is 1.70 bits per heavy atom. The molecule has 0 spiro atoms. The van der Waals surface area contributed by atoms with Gasteiger partial charge in [0.1, 0.15) is 11.5 Å². The van der Waals surface area contributed by atoms with Crippen molar-refractivity contribution >= 4 is 5.78 Å². The molecule has 2 aromatic carbocycles. The number of rotatable bonds is 8. The number of ether oxygens (including phenoxy) is 2. The van der Waals surface area contributed by atoms with Crippen LogP contribution >= 0.6 is 0 Å². The molecule has 0 aliphatic heterocycles. The first-order valence-corrected chi connectivity index (χ1v) is 11.8. The third-order valence-corrected chi connectivity index (χ3v) is 6.41. The molecule has 0 amide bonds. The van der Waals surface area contributed by atoms with Crippen LogP contribution in [0, 0.1) is 20.8 Å². The van der Waals surface area contributed by atoms with Gasteiger partial charge in [-0.1, -0.05) is 35.9 Å². The third kappa shape index (κ3) is 5.79. The predicted molar refractivity (Wildman–Crippen MR) is 128 cm³/mol. The van der Waals surface area contributed by atoms with Crippen LogP contribution in [0.15, 0.2) is 46.9 Å². The Bertz CT molecular complexity index is 1100. The highest BCUT2D eigenvalue weighted by Crippen LogP contribution is 2.28. The first-order chi connectivity index (χ1) is 15.9. The second-order valence-electron chi connectivity index (χ2n) is 9.09. The molecule has 5 nitrogen and oxygen atoms in total. The van der Waals surface area contributed by atoms with E-state index in [0.29, 0.717) is 19.1 Å². The van der Waals surface area contributed by atoms with Gasteiger partial charge in [0.05, 0.1) is 25.4 Å². The van der Waals surface area contributed by atoms with Gasteiger partial charge < -0.3 is 13.9 Å². The van der Waals surface area contributed by atoms with Crippen LogP contribution in [0.2, 0.25) is 0 Å². The number of Topliss-reactive ketones (excluding diaryl/α,β-unsaturated/α-hetero) is 1. The Hall–Kier alpha value is -2.76. The van der Waals surface area contributed by atoms with Gasteiger partial charge in [0.15, 0.2) is 5.78 Å². The number of hydrogen-bond donors (Lipinski definition) is 0. The van der Waals surface area contributed by atoms with Gasteiger partial charge in [0.25, 0.3) is 0 Å². The fraction of sp³-hybridized carbons (Fsp3) is 0.429. The van der Waals surface area contributed by atoms with E-state index < -0.39 is 0 Å². The number of aromatic nitrogens is 1. The largest absolute Gasteiger partial charge is 0.441 e. The van der Waals surface area contributed by atoms with Crippen molar-refractivity contribution in [3.63, 3.8) is 0 Å². The molecule has 2 atom stereocenters. The molecule has 1 aliphatic rings. The summed E-state index contributed by atoms with van der Waals surface area (Å²) >= 11 is 0. The summed E-state index contributed by atoms with van der Waals surface area (Å²) < 4.78 is 18.3. The van der Waals surface area contributed by atoms with Crippen LogP contribution in [0.3, 0.4) is 0 Å². The molecule has 4 rings (SSSR count). The summed E-state index contributed by atoms with van der Waals surface area (Å²) in [5, 5.41) is 0. The van der Waals surface area contributed by atoms with Gasteiger partial charge in [0.2, 0.25) is 5.89 Å². The van der Waals surface area contributed by atoms with Crippen LogP contribution in [0.5, 0.6) is 0 Å². The van der Waals surface area contributed by atoms with E-state index in [1.807, 2.05) is 44.2 Å². The first kappa shape index (κ1) is 23.4. The lowest BCUT2D eigenvalue weighted by atomic mass is 9.94. The van der Waals surface area contributed by atoms with Crippen LogP contribution in [-0.2, 0) is 22.7 Å². The lowest BCUT2D eigenvalue weighted by Gasteiger charge is -2.29. The maximum absolute atomic E-state index is 12.1. The summed E-state index contributed by atoms with van der Waals surface area (Å²) in [6.07, 6.45) is 4.21. The van der Waals surface area contributed by atoms with Gasteiger partial charge in [-0.05, 0) is 76.6 Å². The first-order valence-electron chi connectivity index (χ1n) is 11.8. The molecule has 1 heterocycles. The summed E-state index contributed by atoms with van der Waals surface area (Å²) in [5.41, 5.74) is 5.78. The van der Waals surface area contributed by atoms with Crippen molar-refractivity contribution in [1.82, 2.24) is 4.98 Å². The molecule has 1 aliphatic carbocycles. The highest BCUT2D eigenvalue weighted by molar-refractivity contribution is 5.96. The van der Waals surface area contributed by atoms with Gasteiger partial charge in [0, 0.05) is 11.1 Å². The third-order valence-electron chi connectivity index (χ3n) is 6.41. The van der Waals surface area contributed by atoms with Crippen molar-refractivity contribution in [2.45, 2.75) is 78.8 Å². The standard InChI is InChI=1S/C28H33NO4/c1-18-11-13-22(14-12-18)28-29-26(21(4)33-28)17-32-25-10-6-9-24(15-25)31-16-23-8-5-7-19(2)27(23)20(3)30/h5,7-8,11-14,24-25H,6,9-10,15-17H2,1-4H3/t24-,25+/m1/s1. The fourth-order valence-corrected chi connectivity index (χ4v) is 4.54. The molecule has 1 saturated carbocycles. The molecular weight excluding hydrogens is 414 g/mol. The number of nitrogens with zero attached hydrogens (tertiary/aromatic N) is 1. The SMILES string of the molecule is CC(=O)c1c(C)cccc1CO[C@@H]1CCC[C@H](OCc2nc(-c3ccc(C)cc3)oc2C)C1. The minimum Gasteiger partial charge on any atom is -0.441 e. The van der Waals surface area contributed by atoms with E-state index in [1.54, 1.807) is 6.92 Å². The number of benzene rings is 2. The molecule has 1 aromatic heterocycles. The zero-order valence-electron chi connectivity index (χ0n) is 20.0. The van der Waals surface area contributed by atoms with E-state index in [9.17, 15) is 4.79 Å². The van der Waals surface area contributed by atoms with Gasteiger partial charge in [-0.2, -0.15) is 0 Å². The maximum atomic E-state index is 12.1. The normalized spacial score (nSPS) is 18.4. The van der Waals surface area contributed by atoms with E-state index in [1.165, 1.54) is 5.56 Å². The number of oxazole rings is 1. The molecular formula is C28H33NO4. The van der Waals surface area contributed by atoms with E-state index >= 15 is 0 Å². The van der Waals surface area contributed by atoms with Crippen molar-refractivity contribution in [2.24, 2.45) is 0 Å². The lowest BCUT2D eigenvalue weighted by molar-refractivity contribution is -0.0563. The fourth-order valence-electron chi connectivity index (χ4n) is 4.54. The zero-order chi connectivity index (χ0) is 23.4. The summed E-state index contributed by atoms with van der Waals surface area (Å²) in [4.78, 5) is 16.7. The van der Waals surface area contributed by atoms with Crippen molar-refractivity contribution in [1.29, 1.82) is 0 Å². The molecule has 3 aromatic rings. The summed E-state index contributed by atoms with van der Waals surface area (Å²) in [7, 11) is 0. The Morgan fingerprint density at radius 3 is 2.39 bits per heavy atom. The van der Waals surface area contributed by atoms with E-state index in [0.717, 1.165) is 59.4 Å². The van der Waals surface area contributed by atoms with Crippen molar-refractivity contribution in [3.05, 3.63) is 76.2 Å². The second-order valence-corrected chi connectivity index (χ2v) is 9.09. The van der Waals surface area contributed by atoms with Gasteiger partial charge in [-0.15, -0.1) is 0 Å².